The molecule has 3 amide bonds. The van der Waals surface area contributed by atoms with E-state index in [0.29, 0.717) is 5.69 Å². The topological polar surface area (TPSA) is 161 Å². The van der Waals surface area contributed by atoms with Gasteiger partial charge in [0.05, 0.1) is 54.2 Å². The molecule has 4 atom stereocenters. The molecule has 1 aliphatic heterocycles. The zero-order chi connectivity index (χ0) is 32.7. The molecule has 45 heavy (non-hydrogen) atoms. The second-order valence-electron chi connectivity index (χ2n) is 12.4. The Morgan fingerprint density at radius 3 is 2.47 bits per heavy atom. The second kappa shape index (κ2) is 15.0. The Morgan fingerprint density at radius 1 is 1.13 bits per heavy atom. The summed E-state index contributed by atoms with van der Waals surface area (Å²) in [6, 6.07) is 5.78. The fourth-order valence-corrected chi connectivity index (χ4v) is 5.95. The van der Waals surface area contributed by atoms with Crippen molar-refractivity contribution in [1.82, 2.24) is 35.5 Å². The maximum atomic E-state index is 13.8. The summed E-state index contributed by atoms with van der Waals surface area (Å²) in [6.45, 7) is 9.78. The largest absolute Gasteiger partial charge is 0.391 e. The van der Waals surface area contributed by atoms with E-state index in [0.717, 1.165) is 21.7 Å². The number of hydrogen-bond acceptors (Lipinski definition) is 10. The summed E-state index contributed by atoms with van der Waals surface area (Å²) in [5.41, 5.74) is 4.76. The fraction of sp³-hybridized carbons (Fsp3) is 0.548. The molecule has 3 heterocycles. The Labute approximate surface area is 267 Å². The molecule has 3 N–H and O–H groups in total. The lowest BCUT2D eigenvalue weighted by Gasteiger charge is -2.35. The third-order valence-corrected chi connectivity index (χ3v) is 8.54. The van der Waals surface area contributed by atoms with Crippen LogP contribution in [0.4, 0.5) is 0 Å². The predicted octanol–water partition coefficient (Wildman–Crippen LogP) is 2.15. The van der Waals surface area contributed by atoms with E-state index in [4.69, 9.17) is 9.47 Å². The lowest BCUT2D eigenvalue weighted by molar-refractivity contribution is -0.144. The summed E-state index contributed by atoms with van der Waals surface area (Å²) in [6.07, 6.45) is 0.996. The summed E-state index contributed by atoms with van der Waals surface area (Å²) in [5, 5.41) is 24.0. The lowest BCUT2D eigenvalue weighted by atomic mass is 9.85. The van der Waals surface area contributed by atoms with Crippen molar-refractivity contribution in [1.29, 1.82) is 0 Å². The molecule has 1 fully saturated rings. The number of carbonyl (C=O) groups is 3. The van der Waals surface area contributed by atoms with Crippen molar-refractivity contribution in [3.8, 4) is 10.4 Å². The number of likely N-dealkylation sites (tertiary alicyclic amines) is 1. The highest BCUT2D eigenvalue weighted by atomic mass is 32.1. The predicted molar refractivity (Wildman–Crippen MR) is 168 cm³/mol. The van der Waals surface area contributed by atoms with Crippen molar-refractivity contribution in [3.05, 3.63) is 52.9 Å². The van der Waals surface area contributed by atoms with E-state index in [1.807, 2.05) is 64.4 Å². The van der Waals surface area contributed by atoms with Crippen LogP contribution in [0.3, 0.4) is 0 Å². The highest BCUT2D eigenvalue weighted by Gasteiger charge is 2.44. The number of aromatic nitrogens is 4. The minimum absolute atomic E-state index is 0.00369. The van der Waals surface area contributed by atoms with Gasteiger partial charge in [-0.15, -0.1) is 16.4 Å². The SMILES string of the molecule is Cc1ncsc1-c1ccc([C@H](C)NC(=O)[C@@H]2C[C@@H](O)CN2C(=O)[C@@H](NC(=O)COCCOCc2cn(C)nn2)C(C)(C)C)cc1. The maximum Gasteiger partial charge on any atom is 0.246 e. The van der Waals surface area contributed by atoms with Crippen LogP contribution in [0.25, 0.3) is 10.4 Å². The number of carbonyl (C=O) groups excluding carboxylic acids is 3. The monoisotopic (exact) mass is 641 g/mol. The summed E-state index contributed by atoms with van der Waals surface area (Å²) >= 11 is 1.58. The molecule has 1 aliphatic rings. The molecule has 1 saturated heterocycles. The van der Waals surface area contributed by atoms with E-state index in [1.54, 1.807) is 29.3 Å². The fourth-order valence-electron chi connectivity index (χ4n) is 5.14. The van der Waals surface area contributed by atoms with Gasteiger partial charge >= 0.3 is 0 Å². The number of amides is 3. The summed E-state index contributed by atoms with van der Waals surface area (Å²) in [4.78, 5) is 46.8. The van der Waals surface area contributed by atoms with Crippen LogP contribution in [0.2, 0.25) is 0 Å². The number of rotatable bonds is 13. The highest BCUT2D eigenvalue weighted by Crippen LogP contribution is 2.29. The van der Waals surface area contributed by atoms with E-state index >= 15 is 0 Å². The number of hydrogen-bond donors (Lipinski definition) is 3. The molecule has 0 bridgehead atoms. The van der Waals surface area contributed by atoms with E-state index < -0.39 is 35.4 Å². The summed E-state index contributed by atoms with van der Waals surface area (Å²) in [7, 11) is 1.77. The molecule has 0 saturated carbocycles. The Bertz CT molecular complexity index is 1450. The van der Waals surface area contributed by atoms with Crippen LogP contribution in [0.1, 0.15) is 57.1 Å². The molecular weight excluding hydrogens is 598 g/mol. The first-order chi connectivity index (χ1) is 21.3. The van der Waals surface area contributed by atoms with Crippen molar-refractivity contribution < 1.29 is 29.0 Å². The standard InChI is InChI=1S/C31H43N7O6S/c1-19(21-7-9-22(10-8-21)27-20(2)32-18-45-27)33-29(41)25-13-24(39)15-38(25)30(42)28(31(3,4)5)34-26(40)17-44-12-11-43-16-23-14-37(6)36-35-23/h7-10,14,18-19,24-25,28,39H,11-13,15-17H2,1-6H3,(H,33,41)(H,34,40)/t19-,24+,25-,28+/m0/s1. The van der Waals surface area contributed by atoms with E-state index in [1.165, 1.54) is 4.90 Å². The van der Waals surface area contributed by atoms with Crippen LogP contribution < -0.4 is 10.6 Å². The molecule has 14 heteroatoms. The van der Waals surface area contributed by atoms with Gasteiger partial charge in [0.1, 0.15) is 24.4 Å². The van der Waals surface area contributed by atoms with Crippen molar-refractivity contribution in [3.63, 3.8) is 0 Å². The number of benzene rings is 1. The first kappa shape index (κ1) is 34.2. The van der Waals surface area contributed by atoms with Crippen LogP contribution >= 0.6 is 11.3 Å². The Kier molecular flexibility index (Phi) is 11.4. The van der Waals surface area contributed by atoms with Gasteiger partial charge < -0.3 is 30.1 Å². The molecule has 13 nitrogen and oxygen atoms in total. The smallest absolute Gasteiger partial charge is 0.246 e. The van der Waals surface area contributed by atoms with Crippen LogP contribution in [0, 0.1) is 12.3 Å². The minimum Gasteiger partial charge on any atom is -0.391 e. The molecule has 0 unspecified atom stereocenters. The van der Waals surface area contributed by atoms with Crippen LogP contribution in [0.15, 0.2) is 36.0 Å². The third kappa shape index (κ3) is 9.16. The number of aryl methyl sites for hydroxylation is 2. The quantitative estimate of drug-likeness (QED) is 0.238. The normalized spacial score (nSPS) is 18.1. The van der Waals surface area contributed by atoms with Crippen LogP contribution in [-0.4, -0.2) is 92.3 Å². The first-order valence-corrected chi connectivity index (χ1v) is 15.8. The third-order valence-electron chi connectivity index (χ3n) is 7.57. The number of aliphatic hydroxyl groups excluding tert-OH is 1. The molecule has 244 valence electrons. The van der Waals surface area contributed by atoms with E-state index in [2.05, 4.69) is 25.9 Å². The number of nitrogens with one attached hydrogen (secondary N) is 2. The molecule has 0 spiro atoms. The Morgan fingerprint density at radius 2 is 1.84 bits per heavy atom. The van der Waals surface area contributed by atoms with Gasteiger partial charge in [0.2, 0.25) is 17.7 Å². The Hall–Kier alpha value is -3.72. The minimum atomic E-state index is -0.942. The number of aliphatic hydroxyl groups is 1. The number of nitrogens with zero attached hydrogens (tertiary/aromatic N) is 5. The number of thiazole rings is 1. The Balaban J connectivity index is 1.31. The van der Waals surface area contributed by atoms with E-state index in [-0.39, 0.29) is 51.3 Å². The van der Waals surface area contributed by atoms with Gasteiger partial charge in [0, 0.05) is 20.0 Å². The van der Waals surface area contributed by atoms with Crippen LogP contribution in [0.5, 0.6) is 0 Å². The van der Waals surface area contributed by atoms with Gasteiger partial charge in [-0.2, -0.15) is 0 Å². The lowest BCUT2D eigenvalue weighted by Crippen LogP contribution is -2.58. The molecule has 0 aliphatic carbocycles. The van der Waals surface area contributed by atoms with Gasteiger partial charge in [-0.25, -0.2) is 4.98 Å². The van der Waals surface area contributed by atoms with Gasteiger partial charge in [-0.1, -0.05) is 50.3 Å². The van der Waals surface area contributed by atoms with Gasteiger partial charge in [-0.05, 0) is 30.4 Å². The average Bonchev–Trinajstić information content (AvgIpc) is 3.72. The zero-order valence-electron chi connectivity index (χ0n) is 26.6. The van der Waals surface area contributed by atoms with Gasteiger partial charge in [-0.3, -0.25) is 19.1 Å². The summed E-state index contributed by atoms with van der Waals surface area (Å²) < 4.78 is 12.5. The molecule has 3 aromatic rings. The number of β-amino-alcohol motifs (C(OH)–C–C–N with tert-alkyl or cyclic N) is 1. The molecular formula is C31H43N7O6S. The average molecular weight is 642 g/mol. The second-order valence-corrected chi connectivity index (χ2v) is 13.2. The van der Waals surface area contributed by atoms with Gasteiger partial charge in [0.15, 0.2) is 0 Å². The zero-order valence-corrected chi connectivity index (χ0v) is 27.5. The van der Waals surface area contributed by atoms with Crippen LogP contribution in [-0.2, 0) is 37.5 Å². The summed E-state index contributed by atoms with van der Waals surface area (Å²) in [5.74, 6) is -1.26. The van der Waals surface area contributed by atoms with Crippen molar-refractivity contribution in [2.75, 3.05) is 26.4 Å². The van der Waals surface area contributed by atoms with Gasteiger partial charge in [0.25, 0.3) is 0 Å². The first-order valence-electron chi connectivity index (χ1n) is 14.9. The van der Waals surface area contributed by atoms with Crippen molar-refractivity contribution in [2.45, 2.75) is 71.9 Å². The van der Waals surface area contributed by atoms with E-state index in [9.17, 15) is 19.5 Å². The maximum absolute atomic E-state index is 13.8. The molecule has 2 aromatic heterocycles. The van der Waals surface area contributed by atoms with Crippen molar-refractivity contribution >= 4 is 29.1 Å². The molecule has 4 rings (SSSR count). The molecule has 1 aromatic carbocycles. The number of ether oxygens (including phenoxy) is 2. The molecule has 0 radical (unpaired) electrons. The highest BCUT2D eigenvalue weighted by molar-refractivity contribution is 7.13. The van der Waals surface area contributed by atoms with Crippen molar-refractivity contribution in [2.24, 2.45) is 12.5 Å².